The van der Waals surface area contributed by atoms with Crippen LogP contribution in [0.2, 0.25) is 0 Å². The van der Waals surface area contributed by atoms with Crippen LogP contribution in [0.5, 0.6) is 0 Å². The van der Waals surface area contributed by atoms with Gasteiger partial charge >= 0.3 is 0 Å². The average molecular weight is 531 g/mol. The van der Waals surface area contributed by atoms with Gasteiger partial charge in [0.2, 0.25) is 11.8 Å². The lowest BCUT2D eigenvalue weighted by atomic mass is 9.85. The number of benzene rings is 1. The van der Waals surface area contributed by atoms with E-state index in [4.69, 9.17) is 0 Å². The van der Waals surface area contributed by atoms with E-state index < -0.39 is 41.1 Å². The normalized spacial score (nSPS) is 21.4. The van der Waals surface area contributed by atoms with E-state index in [1.807, 2.05) is 31.5 Å². The van der Waals surface area contributed by atoms with Gasteiger partial charge in [-0.3, -0.25) is 14.4 Å². The van der Waals surface area contributed by atoms with Crippen molar-refractivity contribution in [2.75, 3.05) is 6.54 Å². The highest BCUT2D eigenvalue weighted by molar-refractivity contribution is 7.13. The zero-order valence-corrected chi connectivity index (χ0v) is 22.7. The number of carbonyl (C=O) groups excluding carboxylic acids is 3. The minimum atomic E-state index is -1.92. The Kier molecular flexibility index (Phi) is 7.45. The molecule has 1 aliphatic heterocycles. The first-order chi connectivity index (χ1) is 17.3. The number of thiazole rings is 1. The number of halogens is 1. The average Bonchev–Trinajstić information content (AvgIpc) is 3.23. The molecule has 1 saturated carbocycles. The third-order valence-electron chi connectivity index (χ3n) is 7.15. The summed E-state index contributed by atoms with van der Waals surface area (Å²) in [7, 11) is 0. The number of amides is 3. The van der Waals surface area contributed by atoms with Crippen molar-refractivity contribution in [1.82, 2.24) is 20.5 Å². The zero-order valence-electron chi connectivity index (χ0n) is 21.9. The number of aryl methyl sites for hydroxylation is 2. The monoisotopic (exact) mass is 530 g/mol. The molecule has 2 aromatic rings. The van der Waals surface area contributed by atoms with E-state index in [2.05, 4.69) is 21.7 Å². The van der Waals surface area contributed by atoms with Crippen LogP contribution < -0.4 is 10.6 Å². The van der Waals surface area contributed by atoms with E-state index in [0.29, 0.717) is 0 Å². The molecule has 2 heterocycles. The van der Waals surface area contributed by atoms with Crippen molar-refractivity contribution in [3.63, 3.8) is 0 Å². The standard InChI is InChI=1S/C27H35FN4O4S/c1-15-10-17(21-16(2)30-14-37-21)6-7-18(15)12-29-23(34)20-11-19(33)13-32(20)24(35)22(26(3,4)5)31-25(36)27(28)8-9-27/h6-7,10,14,19-20,22,33H,8-9,11-13H2,1-5H3,(H,29,34)(H,31,36)/t19-,20+,22-/m1/s1. The first-order valence-electron chi connectivity index (χ1n) is 12.6. The molecular formula is C27H35FN4O4S. The number of β-amino-alcohol motifs (C(OH)–C–C–N with tert-alkyl or cyclic N) is 1. The van der Waals surface area contributed by atoms with Crippen molar-refractivity contribution in [2.24, 2.45) is 5.41 Å². The van der Waals surface area contributed by atoms with Crippen molar-refractivity contribution in [3.8, 4) is 10.4 Å². The van der Waals surface area contributed by atoms with Gasteiger partial charge in [-0.2, -0.15) is 0 Å². The lowest BCUT2D eigenvalue weighted by molar-refractivity contribution is -0.145. The number of aliphatic hydroxyl groups excluding tert-OH is 1. The molecule has 200 valence electrons. The Hall–Kier alpha value is -2.85. The molecule has 3 N–H and O–H groups in total. The Bertz CT molecular complexity index is 1200. The number of hydrogen-bond acceptors (Lipinski definition) is 6. The SMILES string of the molecule is Cc1cc(-c2scnc2C)ccc1CNC(=O)[C@@H]1C[C@@H](O)CN1C(=O)[C@@H](NC(=O)C1(F)CC1)C(C)(C)C. The molecular weight excluding hydrogens is 495 g/mol. The number of likely N-dealkylation sites (tertiary alicyclic amines) is 1. The zero-order chi connectivity index (χ0) is 27.1. The highest BCUT2D eigenvalue weighted by atomic mass is 32.1. The molecule has 0 spiro atoms. The van der Waals surface area contributed by atoms with Gasteiger partial charge in [0.15, 0.2) is 5.67 Å². The maximum absolute atomic E-state index is 14.3. The van der Waals surface area contributed by atoms with Gasteiger partial charge in [0.1, 0.15) is 12.1 Å². The smallest absolute Gasteiger partial charge is 0.258 e. The molecule has 1 saturated heterocycles. The lowest BCUT2D eigenvalue weighted by Gasteiger charge is -2.35. The maximum Gasteiger partial charge on any atom is 0.258 e. The van der Waals surface area contributed by atoms with E-state index in [-0.39, 0.29) is 38.3 Å². The van der Waals surface area contributed by atoms with Crippen LogP contribution in [0.15, 0.2) is 23.7 Å². The van der Waals surface area contributed by atoms with Crippen LogP contribution in [0.1, 0.15) is 56.9 Å². The van der Waals surface area contributed by atoms with Gasteiger partial charge in [-0.1, -0.05) is 39.0 Å². The second kappa shape index (κ2) is 10.1. The lowest BCUT2D eigenvalue weighted by Crippen LogP contribution is -2.59. The van der Waals surface area contributed by atoms with Crippen LogP contribution in [0.25, 0.3) is 10.4 Å². The number of aromatic nitrogens is 1. The Morgan fingerprint density at radius 1 is 1.27 bits per heavy atom. The van der Waals surface area contributed by atoms with Crippen LogP contribution in [-0.4, -0.2) is 63.1 Å². The molecule has 37 heavy (non-hydrogen) atoms. The summed E-state index contributed by atoms with van der Waals surface area (Å²) in [4.78, 5) is 45.8. The molecule has 1 aromatic carbocycles. The molecule has 2 aliphatic rings. The van der Waals surface area contributed by atoms with Gasteiger partial charge in [-0.15, -0.1) is 11.3 Å². The molecule has 3 atom stereocenters. The topological polar surface area (TPSA) is 112 Å². The molecule has 0 radical (unpaired) electrons. The first-order valence-corrected chi connectivity index (χ1v) is 13.4. The van der Waals surface area contributed by atoms with E-state index >= 15 is 0 Å². The Labute approximate surface area is 220 Å². The fourth-order valence-corrected chi connectivity index (χ4v) is 5.43. The van der Waals surface area contributed by atoms with Crippen molar-refractivity contribution in [2.45, 2.75) is 84.3 Å². The van der Waals surface area contributed by atoms with Gasteiger partial charge in [0, 0.05) is 19.5 Å². The first kappa shape index (κ1) is 27.2. The molecule has 0 unspecified atom stereocenters. The quantitative estimate of drug-likeness (QED) is 0.510. The summed E-state index contributed by atoms with van der Waals surface area (Å²) in [5.74, 6) is -1.67. The Morgan fingerprint density at radius 2 is 1.97 bits per heavy atom. The van der Waals surface area contributed by atoms with Crippen molar-refractivity contribution >= 4 is 29.1 Å². The van der Waals surface area contributed by atoms with E-state index in [1.54, 1.807) is 32.1 Å². The summed E-state index contributed by atoms with van der Waals surface area (Å²) in [5, 5.41) is 15.8. The van der Waals surface area contributed by atoms with Crippen LogP contribution in [0.3, 0.4) is 0 Å². The number of hydrogen-bond donors (Lipinski definition) is 3. The molecule has 8 nitrogen and oxygen atoms in total. The van der Waals surface area contributed by atoms with Crippen molar-refractivity contribution in [3.05, 3.63) is 40.5 Å². The third-order valence-corrected chi connectivity index (χ3v) is 8.13. The molecule has 10 heteroatoms. The number of nitrogens with one attached hydrogen (secondary N) is 2. The second-order valence-corrected chi connectivity index (χ2v) is 12.1. The van der Waals surface area contributed by atoms with Crippen LogP contribution in [0.4, 0.5) is 4.39 Å². The third kappa shape index (κ3) is 5.85. The molecule has 1 aliphatic carbocycles. The fraction of sp³-hybridized carbons (Fsp3) is 0.556. The summed E-state index contributed by atoms with van der Waals surface area (Å²) >= 11 is 1.58. The molecule has 0 bridgehead atoms. The van der Waals surface area contributed by atoms with Gasteiger partial charge in [-0.05, 0) is 48.8 Å². The van der Waals surface area contributed by atoms with Gasteiger partial charge < -0.3 is 20.6 Å². The number of nitrogens with zero attached hydrogens (tertiary/aromatic N) is 2. The fourth-order valence-electron chi connectivity index (χ4n) is 4.63. The number of rotatable bonds is 7. The Morgan fingerprint density at radius 3 is 2.54 bits per heavy atom. The van der Waals surface area contributed by atoms with Gasteiger partial charge in [0.05, 0.1) is 22.2 Å². The summed E-state index contributed by atoms with van der Waals surface area (Å²) < 4.78 is 14.3. The Balaban J connectivity index is 1.45. The predicted octanol–water partition coefficient (Wildman–Crippen LogP) is 3.04. The van der Waals surface area contributed by atoms with E-state index in [1.165, 1.54) is 4.90 Å². The number of carbonyl (C=O) groups is 3. The number of aliphatic hydroxyl groups is 1. The molecule has 1 aromatic heterocycles. The predicted molar refractivity (Wildman–Crippen MR) is 139 cm³/mol. The summed E-state index contributed by atoms with van der Waals surface area (Å²) in [6.07, 6.45) is -0.489. The number of alkyl halides is 1. The second-order valence-electron chi connectivity index (χ2n) is 11.3. The summed E-state index contributed by atoms with van der Waals surface area (Å²) in [6.45, 7) is 9.51. The highest BCUT2D eigenvalue weighted by Gasteiger charge is 2.53. The molecule has 3 amide bonds. The summed E-state index contributed by atoms with van der Waals surface area (Å²) in [6, 6.07) is 4.11. The van der Waals surface area contributed by atoms with Gasteiger partial charge in [-0.25, -0.2) is 9.37 Å². The van der Waals surface area contributed by atoms with E-state index in [0.717, 1.165) is 27.3 Å². The molecule has 4 rings (SSSR count). The van der Waals surface area contributed by atoms with E-state index in [9.17, 15) is 23.9 Å². The van der Waals surface area contributed by atoms with Crippen LogP contribution in [-0.2, 0) is 20.9 Å². The minimum absolute atomic E-state index is 0.0257. The largest absolute Gasteiger partial charge is 0.391 e. The maximum atomic E-state index is 14.3. The van der Waals surface area contributed by atoms with Crippen molar-refractivity contribution in [1.29, 1.82) is 0 Å². The highest BCUT2D eigenvalue weighted by Crippen LogP contribution is 2.40. The minimum Gasteiger partial charge on any atom is -0.391 e. The van der Waals surface area contributed by atoms with Crippen LogP contribution >= 0.6 is 11.3 Å². The van der Waals surface area contributed by atoms with Gasteiger partial charge in [0.25, 0.3) is 5.91 Å². The van der Waals surface area contributed by atoms with Crippen molar-refractivity contribution < 1.29 is 23.9 Å². The van der Waals surface area contributed by atoms with Crippen LogP contribution in [0, 0.1) is 19.3 Å². The summed E-state index contributed by atoms with van der Waals surface area (Å²) in [5.41, 5.74) is 3.17. The molecule has 2 fully saturated rings.